The number of pyridine rings is 1. The SMILES string of the molecule is O=C(Nc1ccc2[nH]c(=O)n(-c3ccc(F)c[n+]3[O-])c2c1)C1CCNCC1. The maximum absolute atomic E-state index is 13.2. The van der Waals surface area contributed by atoms with Crippen LogP contribution in [0.2, 0.25) is 0 Å². The van der Waals surface area contributed by atoms with Gasteiger partial charge in [0.2, 0.25) is 5.91 Å². The first kappa shape index (κ1) is 17.2. The second-order valence-electron chi connectivity index (χ2n) is 6.54. The van der Waals surface area contributed by atoms with Gasteiger partial charge in [-0.05, 0) is 44.1 Å². The number of H-pyrrole nitrogens is 1. The number of carbonyl (C=O) groups is 1. The molecule has 1 aliphatic rings. The number of imidazole rings is 1. The predicted molar refractivity (Wildman–Crippen MR) is 97.0 cm³/mol. The Hall–Kier alpha value is -3.20. The molecule has 8 nitrogen and oxygen atoms in total. The van der Waals surface area contributed by atoms with Gasteiger partial charge >= 0.3 is 5.69 Å². The quantitative estimate of drug-likeness (QED) is 0.472. The summed E-state index contributed by atoms with van der Waals surface area (Å²) in [5, 5.41) is 18.1. The van der Waals surface area contributed by atoms with Crippen LogP contribution in [0.15, 0.2) is 41.3 Å². The Morgan fingerprint density at radius 1 is 1.26 bits per heavy atom. The highest BCUT2D eigenvalue weighted by atomic mass is 19.1. The zero-order valence-electron chi connectivity index (χ0n) is 14.4. The monoisotopic (exact) mass is 371 g/mol. The molecule has 4 rings (SSSR count). The van der Waals surface area contributed by atoms with Crippen LogP contribution in [0.3, 0.4) is 0 Å². The zero-order valence-corrected chi connectivity index (χ0v) is 14.4. The molecule has 3 heterocycles. The minimum absolute atomic E-state index is 0.0329. The number of piperidine rings is 1. The van der Waals surface area contributed by atoms with Crippen molar-refractivity contribution >= 4 is 22.6 Å². The maximum atomic E-state index is 13.2. The van der Waals surface area contributed by atoms with Crippen LogP contribution in [0.5, 0.6) is 0 Å². The molecule has 3 aromatic rings. The van der Waals surface area contributed by atoms with E-state index in [9.17, 15) is 19.2 Å². The molecule has 1 aromatic carbocycles. The Bertz CT molecular complexity index is 1070. The largest absolute Gasteiger partial charge is 0.710 e. The summed E-state index contributed by atoms with van der Waals surface area (Å²) in [6, 6.07) is 7.31. The number of nitrogens with zero attached hydrogens (tertiary/aromatic N) is 2. The lowest BCUT2D eigenvalue weighted by molar-refractivity contribution is -0.601. The number of aromatic amines is 1. The summed E-state index contributed by atoms with van der Waals surface area (Å²) in [5.74, 6) is -0.858. The Kier molecular flexibility index (Phi) is 4.36. The summed E-state index contributed by atoms with van der Waals surface area (Å²) in [4.78, 5) is 27.4. The van der Waals surface area contributed by atoms with E-state index in [1.54, 1.807) is 18.2 Å². The third-order valence-corrected chi connectivity index (χ3v) is 4.75. The summed E-state index contributed by atoms with van der Waals surface area (Å²) in [7, 11) is 0. The van der Waals surface area contributed by atoms with Gasteiger partial charge in [0, 0.05) is 23.7 Å². The number of aromatic nitrogens is 3. The molecule has 0 spiro atoms. The fraction of sp³-hybridized carbons (Fsp3) is 0.278. The van der Waals surface area contributed by atoms with Crippen molar-refractivity contribution in [2.24, 2.45) is 5.92 Å². The topological polar surface area (TPSA) is 106 Å². The molecule has 3 N–H and O–H groups in total. The normalized spacial score (nSPS) is 15.1. The van der Waals surface area contributed by atoms with E-state index in [1.165, 1.54) is 6.07 Å². The first-order valence-electron chi connectivity index (χ1n) is 8.68. The molecule has 0 atom stereocenters. The number of anilines is 1. The molecular formula is C18H18FN5O3. The third kappa shape index (κ3) is 3.28. The Morgan fingerprint density at radius 3 is 2.78 bits per heavy atom. The van der Waals surface area contributed by atoms with E-state index in [1.807, 2.05) is 0 Å². The van der Waals surface area contributed by atoms with E-state index in [0.717, 1.165) is 42.8 Å². The average molecular weight is 371 g/mol. The number of nitrogens with one attached hydrogen (secondary N) is 3. The molecule has 0 radical (unpaired) electrons. The first-order valence-corrected chi connectivity index (χ1v) is 8.68. The number of benzene rings is 1. The highest BCUT2D eigenvalue weighted by molar-refractivity contribution is 5.94. The van der Waals surface area contributed by atoms with Gasteiger partial charge in [-0.1, -0.05) is 0 Å². The van der Waals surface area contributed by atoms with Crippen molar-refractivity contribution < 1.29 is 13.9 Å². The van der Waals surface area contributed by atoms with Crippen LogP contribution >= 0.6 is 0 Å². The second kappa shape index (κ2) is 6.84. The van der Waals surface area contributed by atoms with E-state index < -0.39 is 11.5 Å². The molecule has 0 bridgehead atoms. The maximum Gasteiger partial charge on any atom is 0.418 e. The lowest BCUT2D eigenvalue weighted by atomic mass is 9.97. The number of hydrogen-bond acceptors (Lipinski definition) is 4. The van der Waals surface area contributed by atoms with Crippen LogP contribution in [-0.2, 0) is 4.79 Å². The second-order valence-corrected chi connectivity index (χ2v) is 6.54. The number of hydrogen-bond donors (Lipinski definition) is 3. The summed E-state index contributed by atoms with van der Waals surface area (Å²) < 4.78 is 14.7. The van der Waals surface area contributed by atoms with E-state index in [-0.39, 0.29) is 17.6 Å². The van der Waals surface area contributed by atoms with Gasteiger partial charge in [-0.3, -0.25) is 9.78 Å². The fourth-order valence-electron chi connectivity index (χ4n) is 3.36. The van der Waals surface area contributed by atoms with Gasteiger partial charge in [0.25, 0.3) is 5.82 Å². The lowest BCUT2D eigenvalue weighted by Crippen LogP contribution is -2.35. The van der Waals surface area contributed by atoms with Gasteiger partial charge in [-0.2, -0.15) is 0 Å². The van der Waals surface area contributed by atoms with Gasteiger partial charge in [0.15, 0.2) is 11.3 Å². The fourth-order valence-corrected chi connectivity index (χ4v) is 3.36. The molecule has 0 saturated carbocycles. The molecular weight excluding hydrogens is 353 g/mol. The van der Waals surface area contributed by atoms with Gasteiger partial charge in [0.1, 0.15) is 6.20 Å². The Balaban J connectivity index is 1.71. The van der Waals surface area contributed by atoms with E-state index >= 15 is 0 Å². The van der Waals surface area contributed by atoms with E-state index in [0.29, 0.717) is 21.5 Å². The Morgan fingerprint density at radius 2 is 2.04 bits per heavy atom. The molecule has 1 fully saturated rings. The molecule has 27 heavy (non-hydrogen) atoms. The van der Waals surface area contributed by atoms with Crippen molar-refractivity contribution in [3.8, 4) is 5.82 Å². The molecule has 140 valence electrons. The highest BCUT2D eigenvalue weighted by Crippen LogP contribution is 2.21. The van der Waals surface area contributed by atoms with Crippen molar-refractivity contribution in [3.05, 3.63) is 58.0 Å². The number of amides is 1. The van der Waals surface area contributed by atoms with Crippen molar-refractivity contribution in [1.82, 2.24) is 14.9 Å². The molecule has 1 saturated heterocycles. The summed E-state index contributed by atoms with van der Waals surface area (Å²) in [6.45, 7) is 1.62. The number of fused-ring (bicyclic) bond motifs is 1. The number of halogens is 1. The summed E-state index contributed by atoms with van der Waals surface area (Å²) >= 11 is 0. The summed E-state index contributed by atoms with van der Waals surface area (Å²) in [5.41, 5.74) is 0.921. The molecule has 0 aliphatic carbocycles. The van der Waals surface area contributed by atoms with Crippen LogP contribution in [0.4, 0.5) is 10.1 Å². The molecule has 0 unspecified atom stereocenters. The minimum Gasteiger partial charge on any atom is -0.710 e. The van der Waals surface area contributed by atoms with Gasteiger partial charge in [0.05, 0.1) is 5.52 Å². The van der Waals surface area contributed by atoms with Crippen molar-refractivity contribution in [2.45, 2.75) is 12.8 Å². The predicted octanol–water partition coefficient (Wildman–Crippen LogP) is 1.03. The number of carbonyl (C=O) groups excluding carboxylic acids is 1. The van der Waals surface area contributed by atoms with Gasteiger partial charge in [-0.15, -0.1) is 4.57 Å². The van der Waals surface area contributed by atoms with Gasteiger partial charge < -0.3 is 15.8 Å². The van der Waals surface area contributed by atoms with Crippen LogP contribution in [0.1, 0.15) is 12.8 Å². The average Bonchev–Trinajstić information content (AvgIpc) is 2.98. The lowest BCUT2D eigenvalue weighted by Gasteiger charge is -2.21. The Labute approximate surface area is 153 Å². The van der Waals surface area contributed by atoms with Crippen LogP contribution in [0.25, 0.3) is 16.9 Å². The van der Waals surface area contributed by atoms with Crippen LogP contribution in [0, 0.1) is 16.9 Å². The smallest absolute Gasteiger partial charge is 0.418 e. The van der Waals surface area contributed by atoms with E-state index in [2.05, 4.69) is 15.6 Å². The highest BCUT2D eigenvalue weighted by Gasteiger charge is 2.22. The molecule has 1 aliphatic heterocycles. The molecule has 1 amide bonds. The third-order valence-electron chi connectivity index (χ3n) is 4.75. The molecule has 9 heteroatoms. The zero-order chi connectivity index (χ0) is 19.0. The first-order chi connectivity index (χ1) is 13.0. The van der Waals surface area contributed by atoms with Crippen molar-refractivity contribution in [1.29, 1.82) is 0 Å². The standard InChI is InChI=1S/C18H18FN5O3/c19-12-1-4-16(23(27)10-12)24-15-9-13(2-3-14(15)22-18(24)26)21-17(25)11-5-7-20-8-6-11/h1-4,9-11,20H,5-8H2,(H,21,25)(H,22,26). The minimum atomic E-state index is -0.698. The summed E-state index contributed by atoms with van der Waals surface area (Å²) in [6.07, 6.45) is 2.30. The van der Waals surface area contributed by atoms with Crippen LogP contribution in [-0.4, -0.2) is 28.5 Å². The molecule has 2 aromatic heterocycles. The van der Waals surface area contributed by atoms with Crippen LogP contribution < -0.4 is 21.1 Å². The van der Waals surface area contributed by atoms with Crippen molar-refractivity contribution in [3.63, 3.8) is 0 Å². The van der Waals surface area contributed by atoms with Gasteiger partial charge in [-0.25, -0.2) is 13.9 Å². The number of rotatable bonds is 3. The van der Waals surface area contributed by atoms with E-state index in [4.69, 9.17) is 0 Å². The van der Waals surface area contributed by atoms with Crippen molar-refractivity contribution in [2.75, 3.05) is 18.4 Å².